The molecule has 8 nitrogen and oxygen atoms in total. The minimum Gasteiger partial charge on any atom is -0.465 e. The van der Waals surface area contributed by atoms with E-state index in [0.29, 0.717) is 16.2 Å². The summed E-state index contributed by atoms with van der Waals surface area (Å²) in [6, 6.07) is 7.81. The van der Waals surface area contributed by atoms with Crippen LogP contribution in [0.4, 0.5) is 5.69 Å². The fourth-order valence-corrected chi connectivity index (χ4v) is 3.25. The number of nitrogens with one attached hydrogen (secondary N) is 1. The molecule has 1 aliphatic heterocycles. The SMILES string of the molecule is CCOC(=O)CSC1=C(C#N)[C@H](c2ccc([N+](=O)[O-])cc2)CC(=O)N1. The fourth-order valence-electron chi connectivity index (χ4n) is 2.38. The number of allylic oxidation sites excluding steroid dienone is 1. The molecule has 0 unspecified atom stereocenters. The number of carbonyl (C=O) groups excluding carboxylic acids is 2. The Morgan fingerprint density at radius 2 is 2.16 bits per heavy atom. The highest BCUT2D eigenvalue weighted by molar-refractivity contribution is 8.03. The number of benzene rings is 1. The number of esters is 1. The molecule has 0 spiro atoms. The van der Waals surface area contributed by atoms with E-state index in [1.165, 1.54) is 24.3 Å². The molecule has 0 bridgehead atoms. The first kappa shape index (κ1) is 18.5. The lowest BCUT2D eigenvalue weighted by atomic mass is 9.87. The lowest BCUT2D eigenvalue weighted by Crippen LogP contribution is -2.31. The lowest BCUT2D eigenvalue weighted by molar-refractivity contribution is -0.384. The third kappa shape index (κ3) is 4.58. The maximum atomic E-state index is 12.0. The third-order valence-corrected chi connectivity index (χ3v) is 4.49. The normalized spacial score (nSPS) is 16.8. The Morgan fingerprint density at radius 1 is 1.48 bits per heavy atom. The van der Waals surface area contributed by atoms with Crippen molar-refractivity contribution in [2.24, 2.45) is 0 Å². The van der Waals surface area contributed by atoms with Gasteiger partial charge in [0.15, 0.2) is 0 Å². The number of amides is 1. The van der Waals surface area contributed by atoms with Crippen LogP contribution in [0.5, 0.6) is 0 Å². The van der Waals surface area contributed by atoms with Crippen molar-refractivity contribution in [1.29, 1.82) is 5.26 Å². The summed E-state index contributed by atoms with van der Waals surface area (Å²) in [5, 5.41) is 23.2. The number of nitro groups is 1. The molecule has 25 heavy (non-hydrogen) atoms. The molecule has 9 heteroatoms. The number of nitrogens with zero attached hydrogens (tertiary/aromatic N) is 2. The number of nitro benzene ring substituents is 1. The lowest BCUT2D eigenvalue weighted by Gasteiger charge is -2.24. The minimum atomic E-state index is -0.515. The summed E-state index contributed by atoms with van der Waals surface area (Å²) in [7, 11) is 0. The standard InChI is InChI=1S/C16H15N3O5S/c1-2-24-15(21)9-25-16-13(8-17)12(7-14(20)18-16)10-3-5-11(6-4-10)19(22)23/h3-6,12H,2,7,9H2,1H3,(H,18,20)/t12-/m0/s1. The van der Waals surface area contributed by atoms with E-state index < -0.39 is 16.8 Å². The molecule has 1 aromatic rings. The molecule has 0 aromatic heterocycles. The van der Waals surface area contributed by atoms with Crippen LogP contribution in [-0.4, -0.2) is 29.2 Å². The van der Waals surface area contributed by atoms with Gasteiger partial charge in [0.1, 0.15) is 0 Å². The van der Waals surface area contributed by atoms with Gasteiger partial charge in [0, 0.05) is 24.5 Å². The zero-order valence-electron chi connectivity index (χ0n) is 13.4. The first-order valence-electron chi connectivity index (χ1n) is 7.43. The summed E-state index contributed by atoms with van der Waals surface area (Å²) in [4.78, 5) is 33.7. The third-order valence-electron chi connectivity index (χ3n) is 3.50. The van der Waals surface area contributed by atoms with Crippen molar-refractivity contribution < 1.29 is 19.2 Å². The van der Waals surface area contributed by atoms with E-state index in [1.54, 1.807) is 6.92 Å². The van der Waals surface area contributed by atoms with Crippen LogP contribution in [0.15, 0.2) is 34.9 Å². The molecule has 0 radical (unpaired) electrons. The number of non-ortho nitro benzene ring substituents is 1. The molecule has 1 aliphatic rings. The second kappa shape index (κ2) is 8.30. The van der Waals surface area contributed by atoms with Crippen LogP contribution in [0.2, 0.25) is 0 Å². The Morgan fingerprint density at radius 3 is 2.72 bits per heavy atom. The second-order valence-electron chi connectivity index (χ2n) is 5.10. The zero-order valence-corrected chi connectivity index (χ0v) is 14.2. The van der Waals surface area contributed by atoms with E-state index in [2.05, 4.69) is 11.4 Å². The molecule has 1 N–H and O–H groups in total. The van der Waals surface area contributed by atoms with E-state index >= 15 is 0 Å². The fraction of sp³-hybridized carbons (Fsp3) is 0.312. The van der Waals surface area contributed by atoms with Crippen molar-refractivity contribution in [3.8, 4) is 6.07 Å². The first-order chi connectivity index (χ1) is 12.0. The van der Waals surface area contributed by atoms with Crippen molar-refractivity contribution in [3.63, 3.8) is 0 Å². The predicted octanol–water partition coefficient (Wildman–Crippen LogP) is 2.23. The highest BCUT2D eigenvalue weighted by Crippen LogP contribution is 2.36. The summed E-state index contributed by atoms with van der Waals surface area (Å²) in [5.41, 5.74) is 0.886. The summed E-state index contributed by atoms with van der Waals surface area (Å²) in [5.74, 6) is -1.26. The molecule has 1 aromatic carbocycles. The van der Waals surface area contributed by atoms with Gasteiger partial charge in [-0.05, 0) is 12.5 Å². The van der Waals surface area contributed by atoms with Crippen LogP contribution in [0, 0.1) is 21.4 Å². The van der Waals surface area contributed by atoms with Crippen LogP contribution < -0.4 is 5.32 Å². The molecule has 2 rings (SSSR count). The Bertz CT molecular complexity index is 767. The number of rotatable bonds is 6. The Hall–Kier alpha value is -2.86. The van der Waals surface area contributed by atoms with Gasteiger partial charge in [-0.25, -0.2) is 0 Å². The minimum absolute atomic E-state index is 0.0262. The molecule has 130 valence electrons. The Kier molecular flexibility index (Phi) is 6.14. The number of nitriles is 1. The highest BCUT2D eigenvalue weighted by Gasteiger charge is 2.30. The van der Waals surface area contributed by atoms with E-state index in [1.807, 2.05) is 0 Å². The van der Waals surface area contributed by atoms with E-state index in [0.717, 1.165) is 11.8 Å². The van der Waals surface area contributed by atoms with Crippen molar-refractivity contribution in [1.82, 2.24) is 5.32 Å². The van der Waals surface area contributed by atoms with Gasteiger partial charge in [0.25, 0.3) is 5.69 Å². The molecule has 0 saturated carbocycles. The maximum absolute atomic E-state index is 12.0. The largest absolute Gasteiger partial charge is 0.465 e. The van der Waals surface area contributed by atoms with Crippen LogP contribution >= 0.6 is 11.8 Å². The van der Waals surface area contributed by atoms with Crippen LogP contribution in [0.3, 0.4) is 0 Å². The Balaban J connectivity index is 2.28. The first-order valence-corrected chi connectivity index (χ1v) is 8.41. The van der Waals surface area contributed by atoms with Crippen LogP contribution in [0.25, 0.3) is 0 Å². The molecule has 0 fully saturated rings. The van der Waals surface area contributed by atoms with E-state index in [9.17, 15) is 25.0 Å². The van der Waals surface area contributed by atoms with Crippen LogP contribution in [0.1, 0.15) is 24.8 Å². The van der Waals surface area contributed by atoms with Gasteiger partial charge in [-0.15, -0.1) is 0 Å². The summed E-state index contributed by atoms with van der Waals surface area (Å²) < 4.78 is 4.83. The summed E-state index contributed by atoms with van der Waals surface area (Å²) >= 11 is 1.03. The quantitative estimate of drug-likeness (QED) is 0.468. The Labute approximate surface area is 148 Å². The summed E-state index contributed by atoms with van der Waals surface area (Å²) in [6.07, 6.45) is 0.0597. The van der Waals surface area contributed by atoms with Crippen molar-refractivity contribution in [3.05, 3.63) is 50.5 Å². The number of hydrogen-bond acceptors (Lipinski definition) is 7. The number of hydrogen-bond donors (Lipinski definition) is 1. The maximum Gasteiger partial charge on any atom is 0.316 e. The number of carbonyl (C=O) groups is 2. The predicted molar refractivity (Wildman–Crippen MR) is 90.3 cm³/mol. The van der Waals surface area contributed by atoms with Crippen molar-refractivity contribution in [2.45, 2.75) is 19.3 Å². The molecule has 0 saturated heterocycles. The molecule has 0 aliphatic carbocycles. The van der Waals surface area contributed by atoms with Crippen molar-refractivity contribution in [2.75, 3.05) is 12.4 Å². The van der Waals surface area contributed by atoms with Gasteiger partial charge >= 0.3 is 5.97 Å². The summed E-state index contributed by atoms with van der Waals surface area (Å²) in [6.45, 7) is 1.94. The van der Waals surface area contributed by atoms with Gasteiger partial charge in [-0.1, -0.05) is 23.9 Å². The molecule has 1 heterocycles. The molecule has 1 amide bonds. The molecular formula is C16H15N3O5S. The molecule has 1 atom stereocenters. The topological polar surface area (TPSA) is 122 Å². The highest BCUT2D eigenvalue weighted by atomic mass is 32.2. The van der Waals surface area contributed by atoms with Crippen LogP contribution in [-0.2, 0) is 14.3 Å². The number of thioether (sulfide) groups is 1. The van der Waals surface area contributed by atoms with Gasteiger partial charge in [-0.2, -0.15) is 5.26 Å². The second-order valence-corrected chi connectivity index (χ2v) is 6.09. The average molecular weight is 361 g/mol. The zero-order chi connectivity index (χ0) is 18.4. The van der Waals surface area contributed by atoms with Gasteiger partial charge in [0.05, 0.1) is 34.0 Å². The monoisotopic (exact) mass is 361 g/mol. The number of ether oxygens (including phenoxy) is 1. The van der Waals surface area contributed by atoms with Crippen molar-refractivity contribution >= 4 is 29.3 Å². The van der Waals surface area contributed by atoms with E-state index in [-0.39, 0.29) is 30.4 Å². The van der Waals surface area contributed by atoms with E-state index in [4.69, 9.17) is 4.74 Å². The smallest absolute Gasteiger partial charge is 0.316 e. The van der Waals surface area contributed by atoms with Gasteiger partial charge in [0.2, 0.25) is 5.91 Å². The van der Waals surface area contributed by atoms with Gasteiger partial charge in [-0.3, -0.25) is 19.7 Å². The average Bonchev–Trinajstić information content (AvgIpc) is 2.59. The molecular weight excluding hydrogens is 346 g/mol. The van der Waals surface area contributed by atoms with Gasteiger partial charge < -0.3 is 10.1 Å².